The molecule has 0 saturated heterocycles. The molecule has 90 valence electrons. The Balaban J connectivity index is 3.15. The Morgan fingerprint density at radius 2 is 2.00 bits per heavy atom. The molecule has 2 N–H and O–H groups in total. The Bertz CT molecular complexity index is 340. The zero-order chi connectivity index (χ0) is 12.5. The quantitative estimate of drug-likeness (QED) is 0.581. The first-order chi connectivity index (χ1) is 7.31. The lowest BCUT2D eigenvalue weighted by Gasteiger charge is -2.27. The van der Waals surface area contributed by atoms with Gasteiger partial charge in [-0.15, -0.1) is 0 Å². The lowest BCUT2D eigenvalue weighted by Crippen LogP contribution is -2.37. The van der Waals surface area contributed by atoms with Gasteiger partial charge in [0.2, 0.25) is 0 Å². The second-order valence-corrected chi connectivity index (χ2v) is 3.17. The summed E-state index contributed by atoms with van der Waals surface area (Å²) in [6, 6.07) is 0. The van der Waals surface area contributed by atoms with Crippen LogP contribution in [0.5, 0.6) is 0 Å². The normalized spacial score (nSPS) is 24.2. The highest BCUT2D eigenvalue weighted by Gasteiger charge is 2.53. The van der Waals surface area contributed by atoms with Crippen molar-refractivity contribution in [2.75, 3.05) is 6.61 Å². The van der Waals surface area contributed by atoms with Gasteiger partial charge in [-0.05, 0) is 6.92 Å². The Morgan fingerprint density at radius 3 is 2.44 bits per heavy atom. The molecule has 1 aliphatic carbocycles. The SMILES string of the molecule is CCOC1=CC(F)(F)C(B(O)O)C(F)=C1F. The van der Waals surface area contributed by atoms with Crippen molar-refractivity contribution in [2.24, 2.45) is 0 Å². The molecule has 1 unspecified atom stereocenters. The average Bonchev–Trinajstić information content (AvgIpc) is 2.12. The largest absolute Gasteiger partial charge is 0.491 e. The maximum atomic E-state index is 13.2. The first-order valence-corrected chi connectivity index (χ1v) is 4.46. The van der Waals surface area contributed by atoms with E-state index in [9.17, 15) is 17.6 Å². The summed E-state index contributed by atoms with van der Waals surface area (Å²) < 4.78 is 57.2. The summed E-state index contributed by atoms with van der Waals surface area (Å²) >= 11 is 0. The summed E-state index contributed by atoms with van der Waals surface area (Å²) in [5, 5.41) is 17.2. The van der Waals surface area contributed by atoms with Gasteiger partial charge < -0.3 is 14.8 Å². The van der Waals surface area contributed by atoms with Gasteiger partial charge in [0.1, 0.15) is 11.6 Å². The van der Waals surface area contributed by atoms with Crippen molar-refractivity contribution in [3.63, 3.8) is 0 Å². The van der Waals surface area contributed by atoms with Crippen LogP contribution in [-0.2, 0) is 4.74 Å². The van der Waals surface area contributed by atoms with Crippen LogP contribution in [0.4, 0.5) is 17.6 Å². The molecular weight excluding hydrogens is 231 g/mol. The highest BCUT2D eigenvalue weighted by atomic mass is 19.3. The van der Waals surface area contributed by atoms with E-state index in [1.54, 1.807) is 0 Å². The van der Waals surface area contributed by atoms with Gasteiger partial charge in [-0.25, -0.2) is 17.6 Å². The smallest absolute Gasteiger partial charge is 0.468 e. The van der Waals surface area contributed by atoms with E-state index in [0.29, 0.717) is 0 Å². The molecular formula is C8H9BF4O3. The number of rotatable bonds is 3. The van der Waals surface area contributed by atoms with E-state index in [4.69, 9.17) is 10.0 Å². The van der Waals surface area contributed by atoms with Crippen LogP contribution in [0, 0.1) is 0 Å². The van der Waals surface area contributed by atoms with Crippen LogP contribution < -0.4 is 0 Å². The molecule has 0 radical (unpaired) electrons. The molecule has 0 aliphatic heterocycles. The fraction of sp³-hybridized carbons (Fsp3) is 0.500. The maximum Gasteiger partial charge on any atom is 0.468 e. The van der Waals surface area contributed by atoms with Crippen molar-refractivity contribution < 1.29 is 32.3 Å². The van der Waals surface area contributed by atoms with E-state index < -0.39 is 36.3 Å². The van der Waals surface area contributed by atoms with Gasteiger partial charge in [0.05, 0.1) is 6.61 Å². The minimum atomic E-state index is -3.92. The van der Waals surface area contributed by atoms with Crippen LogP contribution in [0.25, 0.3) is 0 Å². The van der Waals surface area contributed by atoms with Gasteiger partial charge in [-0.2, -0.15) is 0 Å². The Morgan fingerprint density at radius 1 is 1.44 bits per heavy atom. The maximum absolute atomic E-state index is 13.2. The molecule has 1 rings (SSSR count). The lowest BCUT2D eigenvalue weighted by molar-refractivity contribution is 0.0281. The van der Waals surface area contributed by atoms with Gasteiger partial charge in [0, 0.05) is 6.08 Å². The van der Waals surface area contributed by atoms with E-state index in [1.165, 1.54) is 6.92 Å². The van der Waals surface area contributed by atoms with Crippen molar-refractivity contribution in [1.29, 1.82) is 0 Å². The highest BCUT2D eigenvalue weighted by Crippen LogP contribution is 2.46. The molecule has 8 heteroatoms. The van der Waals surface area contributed by atoms with Crippen molar-refractivity contribution in [3.05, 3.63) is 23.5 Å². The van der Waals surface area contributed by atoms with E-state index in [2.05, 4.69) is 4.74 Å². The molecule has 1 aliphatic rings. The minimum absolute atomic E-state index is 0.0407. The van der Waals surface area contributed by atoms with Gasteiger partial charge in [-0.1, -0.05) is 0 Å². The summed E-state index contributed by atoms with van der Waals surface area (Å²) in [4.78, 5) is 0. The third-order valence-electron chi connectivity index (χ3n) is 2.04. The topological polar surface area (TPSA) is 49.7 Å². The molecule has 16 heavy (non-hydrogen) atoms. The third-order valence-corrected chi connectivity index (χ3v) is 2.04. The second kappa shape index (κ2) is 4.46. The van der Waals surface area contributed by atoms with Crippen molar-refractivity contribution in [2.45, 2.75) is 18.7 Å². The number of ether oxygens (including phenoxy) is 1. The second-order valence-electron chi connectivity index (χ2n) is 3.17. The van der Waals surface area contributed by atoms with Gasteiger partial charge >= 0.3 is 7.12 Å². The summed E-state index contributed by atoms with van der Waals surface area (Å²) in [5.74, 6) is -11.0. The molecule has 0 aromatic heterocycles. The van der Waals surface area contributed by atoms with Crippen molar-refractivity contribution >= 4 is 7.12 Å². The average molecular weight is 240 g/mol. The summed E-state index contributed by atoms with van der Waals surface area (Å²) in [5.41, 5.74) is 0. The predicted octanol–water partition coefficient (Wildman–Crippen LogP) is 1.55. The van der Waals surface area contributed by atoms with Crippen LogP contribution in [-0.4, -0.2) is 29.7 Å². The predicted molar refractivity (Wildman–Crippen MR) is 47.8 cm³/mol. The highest BCUT2D eigenvalue weighted by molar-refractivity contribution is 6.44. The van der Waals surface area contributed by atoms with E-state index >= 15 is 0 Å². The van der Waals surface area contributed by atoms with Gasteiger partial charge in [-0.3, -0.25) is 0 Å². The van der Waals surface area contributed by atoms with Crippen LogP contribution in [0.1, 0.15) is 6.92 Å². The zero-order valence-electron chi connectivity index (χ0n) is 8.25. The van der Waals surface area contributed by atoms with Gasteiger partial charge in [0.25, 0.3) is 5.92 Å². The molecule has 0 heterocycles. The number of alkyl halides is 2. The molecule has 0 fully saturated rings. The van der Waals surface area contributed by atoms with Crippen LogP contribution >= 0.6 is 0 Å². The number of hydrogen-bond donors (Lipinski definition) is 2. The Kier molecular flexibility index (Phi) is 3.64. The van der Waals surface area contributed by atoms with Crippen LogP contribution in [0.3, 0.4) is 0 Å². The zero-order valence-corrected chi connectivity index (χ0v) is 8.25. The van der Waals surface area contributed by atoms with Crippen molar-refractivity contribution in [1.82, 2.24) is 0 Å². The van der Waals surface area contributed by atoms with Gasteiger partial charge in [0.15, 0.2) is 11.6 Å². The first-order valence-electron chi connectivity index (χ1n) is 4.46. The molecule has 3 nitrogen and oxygen atoms in total. The molecule has 0 spiro atoms. The van der Waals surface area contributed by atoms with E-state index in [0.717, 1.165) is 0 Å². The van der Waals surface area contributed by atoms with Crippen molar-refractivity contribution in [3.8, 4) is 0 Å². The number of allylic oxidation sites excluding steroid dienone is 3. The summed E-state index contributed by atoms with van der Waals surface area (Å²) in [6.07, 6.45) is 0.0407. The minimum Gasteiger partial charge on any atom is -0.491 e. The molecule has 0 aromatic carbocycles. The molecule has 0 saturated carbocycles. The lowest BCUT2D eigenvalue weighted by atomic mass is 9.66. The first kappa shape index (κ1) is 13.1. The molecule has 0 amide bonds. The standard InChI is InChI=1S/C8H9BF4O3/c1-2-16-4-3-8(12,13)7(9(14)15)6(11)5(4)10/h3,7,14-15H,2H2,1H3. The monoisotopic (exact) mass is 240 g/mol. The number of hydrogen-bond acceptors (Lipinski definition) is 3. The molecule has 0 bridgehead atoms. The fourth-order valence-electron chi connectivity index (χ4n) is 1.34. The Labute approximate surface area is 89.2 Å². The molecule has 0 aromatic rings. The summed E-state index contributed by atoms with van der Waals surface area (Å²) in [7, 11) is -2.69. The van der Waals surface area contributed by atoms with Crippen LogP contribution in [0.15, 0.2) is 23.5 Å². The third kappa shape index (κ3) is 2.22. The van der Waals surface area contributed by atoms with E-state index in [-0.39, 0.29) is 12.7 Å². The van der Waals surface area contributed by atoms with Crippen LogP contribution in [0.2, 0.25) is 5.82 Å². The number of halogens is 4. The summed E-state index contributed by atoms with van der Waals surface area (Å²) in [6.45, 7) is 1.30. The van der Waals surface area contributed by atoms with E-state index in [1.807, 2.05) is 0 Å². The molecule has 1 atom stereocenters. The Hall–Kier alpha value is -1.02. The fourth-order valence-corrected chi connectivity index (χ4v) is 1.34.